The molecule has 1 aromatic rings. The van der Waals surface area contributed by atoms with E-state index < -0.39 is 51.5 Å². The van der Waals surface area contributed by atoms with Gasteiger partial charge >= 0.3 is 11.9 Å². The number of hydrogen-bond donors (Lipinski definition) is 0. The van der Waals surface area contributed by atoms with Crippen LogP contribution >= 0.6 is 22.6 Å². The van der Waals surface area contributed by atoms with Crippen LogP contribution in [-0.2, 0) is 45.0 Å². The number of ether oxygens (including phenoxy) is 3. The van der Waals surface area contributed by atoms with Crippen molar-refractivity contribution in [2.24, 2.45) is 0 Å². The van der Waals surface area contributed by atoms with Gasteiger partial charge < -0.3 is 14.2 Å². The maximum atomic E-state index is 12.9. The Kier molecular flexibility index (Phi) is 6.53. The Morgan fingerprint density at radius 3 is 2.53 bits per heavy atom. The fourth-order valence-corrected chi connectivity index (χ4v) is 5.88. The highest BCUT2D eigenvalue weighted by Crippen LogP contribution is 2.38. The average molecular weight is 549 g/mol. The minimum Gasteiger partial charge on any atom is -0.461 e. The number of carbonyl (C=O) groups is 3. The summed E-state index contributed by atoms with van der Waals surface area (Å²) in [7, 11) is -2.61. The lowest BCUT2D eigenvalue weighted by atomic mass is 10.1. The van der Waals surface area contributed by atoms with Crippen molar-refractivity contribution < 1.29 is 37.0 Å². The molecule has 2 atom stereocenters. The van der Waals surface area contributed by atoms with Crippen molar-refractivity contribution in [2.45, 2.75) is 31.9 Å². The number of β-lactam (4-membered cyclic amide) rings is 1. The Morgan fingerprint density at radius 2 is 1.93 bits per heavy atom. The molecule has 0 saturated carbocycles. The van der Waals surface area contributed by atoms with Crippen LogP contribution in [0.3, 0.4) is 0 Å². The molecule has 2 aliphatic heterocycles. The van der Waals surface area contributed by atoms with Crippen LogP contribution in [0.25, 0.3) is 0 Å². The number of hydrogen-bond acceptors (Lipinski definition) is 8. The molecule has 2 aliphatic rings. The number of methoxy groups -OCH3 is 1. The van der Waals surface area contributed by atoms with E-state index in [1.54, 1.807) is 0 Å². The molecule has 162 valence electrons. The Bertz CT molecular complexity index is 1050. The van der Waals surface area contributed by atoms with Crippen molar-refractivity contribution in [3.8, 4) is 0 Å². The number of nitrogens with zero attached hydrogens (tertiary/aromatic N) is 1. The van der Waals surface area contributed by atoms with E-state index in [0.717, 1.165) is 26.5 Å². The third-order valence-electron chi connectivity index (χ3n) is 4.82. The van der Waals surface area contributed by atoms with Gasteiger partial charge in [0, 0.05) is 23.2 Å². The largest absolute Gasteiger partial charge is 0.461 e. The van der Waals surface area contributed by atoms with Crippen LogP contribution in [-0.4, -0.2) is 62.1 Å². The van der Waals surface area contributed by atoms with Crippen LogP contribution in [0.5, 0.6) is 0 Å². The number of carbonyl (C=O) groups excluding carboxylic acids is 3. The van der Waals surface area contributed by atoms with Crippen LogP contribution in [0.1, 0.15) is 18.1 Å². The second-order valence-electron chi connectivity index (χ2n) is 6.95. The molecule has 0 bridgehead atoms. The summed E-state index contributed by atoms with van der Waals surface area (Å²) in [5.74, 6) is -2.71. The first kappa shape index (κ1) is 22.7. The van der Waals surface area contributed by atoms with Crippen LogP contribution < -0.4 is 0 Å². The van der Waals surface area contributed by atoms with Gasteiger partial charge in [0.2, 0.25) is 0 Å². The van der Waals surface area contributed by atoms with Crippen LogP contribution in [0.15, 0.2) is 29.5 Å². The van der Waals surface area contributed by atoms with Gasteiger partial charge in [-0.05, 0) is 46.7 Å². The van der Waals surface area contributed by atoms with Crippen molar-refractivity contribution in [1.29, 1.82) is 0 Å². The van der Waals surface area contributed by atoms with E-state index in [9.17, 15) is 22.8 Å². The maximum Gasteiger partial charge on any atom is 0.355 e. The standard InChI is InChI=1S/C19H20INO8S/c1-10-4-5-12(6-14(10)20)7-29-19(24)15-13(8-28-11(2)22)9-30(25,26)18-16(27-3)17(23)21(15)18/h4-6,16,18H,7-9H2,1-3H3/t16-,18+/m0/s1. The summed E-state index contributed by atoms with van der Waals surface area (Å²) < 4.78 is 41.5. The highest BCUT2D eigenvalue weighted by Gasteiger charge is 2.60. The van der Waals surface area contributed by atoms with Gasteiger partial charge in [-0.2, -0.15) is 0 Å². The highest BCUT2D eigenvalue weighted by molar-refractivity contribution is 14.1. The summed E-state index contributed by atoms with van der Waals surface area (Å²) in [6.45, 7) is 2.61. The van der Waals surface area contributed by atoms with Crippen molar-refractivity contribution in [1.82, 2.24) is 4.90 Å². The molecule has 0 aliphatic carbocycles. The van der Waals surface area contributed by atoms with E-state index in [2.05, 4.69) is 22.6 Å². The van der Waals surface area contributed by atoms with Gasteiger partial charge in [0.1, 0.15) is 18.9 Å². The second kappa shape index (κ2) is 8.63. The van der Waals surface area contributed by atoms with Gasteiger partial charge in [-0.3, -0.25) is 14.5 Å². The van der Waals surface area contributed by atoms with E-state index in [-0.39, 0.29) is 17.9 Å². The maximum absolute atomic E-state index is 12.9. The molecule has 2 heterocycles. The molecule has 0 unspecified atom stereocenters. The van der Waals surface area contributed by atoms with Crippen LogP contribution in [0.2, 0.25) is 0 Å². The fourth-order valence-electron chi connectivity index (χ4n) is 3.29. The van der Waals surface area contributed by atoms with Crippen molar-refractivity contribution in [3.63, 3.8) is 0 Å². The molecule has 0 aromatic heterocycles. The molecule has 0 spiro atoms. The predicted molar refractivity (Wildman–Crippen MR) is 113 cm³/mol. The number of rotatable bonds is 6. The summed E-state index contributed by atoms with van der Waals surface area (Å²) in [5, 5.41) is -1.31. The predicted octanol–water partition coefficient (Wildman–Crippen LogP) is 1.07. The third kappa shape index (κ3) is 4.23. The van der Waals surface area contributed by atoms with Gasteiger partial charge in [-0.15, -0.1) is 0 Å². The van der Waals surface area contributed by atoms with E-state index in [4.69, 9.17) is 14.2 Å². The van der Waals surface area contributed by atoms with Crippen LogP contribution in [0, 0.1) is 10.5 Å². The molecule has 1 saturated heterocycles. The topological polar surface area (TPSA) is 116 Å². The third-order valence-corrected chi connectivity index (χ3v) is 7.92. The summed E-state index contributed by atoms with van der Waals surface area (Å²) in [5.41, 5.74) is 1.60. The van der Waals surface area contributed by atoms with Gasteiger partial charge in [0.25, 0.3) is 5.91 Å². The molecule has 9 nitrogen and oxygen atoms in total. The minimum atomic E-state index is -3.84. The average Bonchev–Trinajstić information content (AvgIpc) is 2.67. The first-order chi connectivity index (χ1) is 14.1. The number of benzene rings is 1. The van der Waals surface area contributed by atoms with Crippen molar-refractivity contribution in [2.75, 3.05) is 19.5 Å². The lowest BCUT2D eigenvalue weighted by Crippen LogP contribution is -2.70. The Morgan fingerprint density at radius 1 is 1.23 bits per heavy atom. The molecule has 1 aromatic carbocycles. The summed E-state index contributed by atoms with van der Waals surface area (Å²) in [4.78, 5) is 37.4. The SMILES string of the molecule is CO[C@H]1C(=O)N2C(C(=O)OCc3ccc(C)c(I)c3)=C(COC(C)=O)CS(=O)(=O)[C@H]12. The minimum absolute atomic E-state index is 0.00663. The zero-order valence-corrected chi connectivity index (χ0v) is 19.5. The number of amides is 1. The van der Waals surface area contributed by atoms with Gasteiger partial charge in [-0.25, -0.2) is 13.2 Å². The van der Waals surface area contributed by atoms with E-state index in [0.29, 0.717) is 0 Å². The number of esters is 2. The molecule has 0 radical (unpaired) electrons. The molecular weight excluding hydrogens is 529 g/mol. The molecule has 30 heavy (non-hydrogen) atoms. The zero-order valence-electron chi connectivity index (χ0n) is 16.5. The quantitative estimate of drug-likeness (QED) is 0.294. The van der Waals surface area contributed by atoms with E-state index in [1.807, 2.05) is 25.1 Å². The molecular formula is C19H20INO8S. The van der Waals surface area contributed by atoms with E-state index >= 15 is 0 Å². The molecule has 0 N–H and O–H groups in total. The number of halogens is 1. The highest BCUT2D eigenvalue weighted by atomic mass is 127. The van der Waals surface area contributed by atoms with Gasteiger partial charge in [-0.1, -0.05) is 12.1 Å². The van der Waals surface area contributed by atoms with Gasteiger partial charge in [0.05, 0.1) is 5.75 Å². The molecule has 1 fully saturated rings. The zero-order chi connectivity index (χ0) is 22.2. The first-order valence-corrected chi connectivity index (χ1v) is 11.7. The van der Waals surface area contributed by atoms with E-state index in [1.165, 1.54) is 7.11 Å². The van der Waals surface area contributed by atoms with Crippen molar-refractivity contribution >= 4 is 50.3 Å². The fraction of sp³-hybridized carbons (Fsp3) is 0.421. The lowest BCUT2D eigenvalue weighted by molar-refractivity contribution is -0.164. The van der Waals surface area contributed by atoms with Crippen molar-refractivity contribution in [3.05, 3.63) is 44.2 Å². The molecule has 3 rings (SSSR count). The number of sulfone groups is 1. The summed E-state index contributed by atoms with van der Waals surface area (Å²) in [6.07, 6.45) is -1.19. The number of aryl methyl sites for hydroxylation is 1. The second-order valence-corrected chi connectivity index (χ2v) is 10.2. The molecule has 11 heteroatoms. The van der Waals surface area contributed by atoms with Gasteiger partial charge in [0.15, 0.2) is 21.3 Å². The Hall–Kier alpha value is -1.99. The molecule has 1 amide bonds. The Labute approximate surface area is 187 Å². The summed E-state index contributed by atoms with van der Waals surface area (Å²) >= 11 is 2.17. The lowest BCUT2D eigenvalue weighted by Gasteiger charge is -2.48. The number of fused-ring (bicyclic) bond motifs is 1. The summed E-state index contributed by atoms with van der Waals surface area (Å²) in [6, 6.07) is 5.56. The Balaban J connectivity index is 1.91. The normalized spacial score (nSPS) is 22.3. The van der Waals surface area contributed by atoms with Crippen LogP contribution in [0.4, 0.5) is 0 Å². The first-order valence-electron chi connectivity index (χ1n) is 8.91. The monoisotopic (exact) mass is 549 g/mol. The smallest absolute Gasteiger partial charge is 0.355 e.